The topological polar surface area (TPSA) is 139 Å². The summed E-state index contributed by atoms with van der Waals surface area (Å²) in [5, 5.41) is 0. The molecule has 0 saturated carbocycles. The van der Waals surface area contributed by atoms with E-state index in [2.05, 4.69) is 0 Å². The molecule has 220 valence electrons. The number of fused-ring (bicyclic) bond motifs is 4. The number of Topliss-reactive ketones (excluding diaryl/α,β-unsaturated/α-hetero) is 2. The van der Waals surface area contributed by atoms with E-state index in [-0.39, 0.29) is 63.3 Å². The third-order valence-electron chi connectivity index (χ3n) is 8.66. The molecule has 0 N–H and O–H groups in total. The van der Waals surface area contributed by atoms with E-state index in [1.165, 1.54) is 0 Å². The highest BCUT2D eigenvalue weighted by Crippen LogP contribution is 2.63. The fourth-order valence-electron chi connectivity index (χ4n) is 6.61. The molecule has 10 heteroatoms. The van der Waals surface area contributed by atoms with Crippen molar-refractivity contribution in [2.24, 2.45) is 16.2 Å². The monoisotopic (exact) mass is 568 g/mol. The van der Waals surface area contributed by atoms with Crippen LogP contribution in [0.25, 0.3) is 0 Å². The van der Waals surface area contributed by atoms with E-state index >= 15 is 0 Å². The Kier molecular flexibility index (Phi) is 7.99. The Labute approximate surface area is 238 Å². The van der Waals surface area contributed by atoms with Crippen LogP contribution in [-0.2, 0) is 47.7 Å². The van der Waals surface area contributed by atoms with Crippen LogP contribution >= 0.6 is 0 Å². The molecule has 41 heavy (non-hydrogen) atoms. The lowest BCUT2D eigenvalue weighted by Gasteiger charge is -2.38. The van der Waals surface area contributed by atoms with Gasteiger partial charge >= 0.3 is 23.9 Å². The Bertz CT molecular complexity index is 1230. The van der Waals surface area contributed by atoms with E-state index in [0.29, 0.717) is 22.3 Å². The van der Waals surface area contributed by atoms with Crippen molar-refractivity contribution in [1.29, 1.82) is 0 Å². The second-order valence-corrected chi connectivity index (χ2v) is 10.7. The molecule has 0 radical (unpaired) electrons. The number of carbonyl (C=O) groups excluding carboxylic acids is 6. The summed E-state index contributed by atoms with van der Waals surface area (Å²) in [5.74, 6) is -3.90. The maximum Gasteiger partial charge on any atom is 0.324 e. The van der Waals surface area contributed by atoms with Crippen molar-refractivity contribution in [3.8, 4) is 0 Å². The quantitative estimate of drug-likeness (QED) is 0.243. The zero-order chi connectivity index (χ0) is 30.3. The molecular weight excluding hydrogens is 532 g/mol. The van der Waals surface area contributed by atoms with E-state index in [9.17, 15) is 28.8 Å². The third-order valence-corrected chi connectivity index (χ3v) is 8.66. The van der Waals surface area contributed by atoms with Gasteiger partial charge in [-0.3, -0.25) is 28.8 Å². The highest BCUT2D eigenvalue weighted by atomic mass is 16.6. The minimum Gasteiger partial charge on any atom is -0.465 e. The Hall–Kier alpha value is -3.82. The summed E-state index contributed by atoms with van der Waals surface area (Å²) in [4.78, 5) is 80.8. The second kappa shape index (κ2) is 10.9. The lowest BCUT2D eigenvalue weighted by atomic mass is 9.63. The van der Waals surface area contributed by atoms with Crippen LogP contribution in [0.4, 0.5) is 0 Å². The van der Waals surface area contributed by atoms with Gasteiger partial charge in [0.05, 0.1) is 26.4 Å². The van der Waals surface area contributed by atoms with Gasteiger partial charge in [-0.2, -0.15) is 0 Å². The van der Waals surface area contributed by atoms with Crippen molar-refractivity contribution in [1.82, 2.24) is 0 Å². The van der Waals surface area contributed by atoms with Crippen molar-refractivity contribution in [3.63, 3.8) is 0 Å². The number of rotatable bonds is 8. The lowest BCUT2D eigenvalue weighted by Crippen LogP contribution is -2.46. The normalized spacial score (nSPS) is 21.6. The van der Waals surface area contributed by atoms with Crippen molar-refractivity contribution < 1.29 is 47.7 Å². The first-order chi connectivity index (χ1) is 19.4. The molecule has 0 aliphatic heterocycles. The maximum absolute atomic E-state index is 14.1. The SMILES string of the molecule is CCOC(=O)C1(C(=O)OCC)CC=C2C(=C(C)C(=O)C23C(=O)C(C)=C2CC(C(=O)OCC)(C(=O)OCC)CC=C23)C1. The van der Waals surface area contributed by atoms with Gasteiger partial charge in [0.2, 0.25) is 0 Å². The first-order valence-corrected chi connectivity index (χ1v) is 14.0. The van der Waals surface area contributed by atoms with Crippen molar-refractivity contribution in [2.75, 3.05) is 26.4 Å². The molecule has 1 spiro atoms. The summed E-state index contributed by atoms with van der Waals surface area (Å²) in [6.45, 7) is 9.91. The maximum atomic E-state index is 14.1. The number of hydrogen-bond acceptors (Lipinski definition) is 10. The second-order valence-electron chi connectivity index (χ2n) is 10.7. The summed E-state index contributed by atoms with van der Waals surface area (Å²) in [5.41, 5.74) is -2.83. The smallest absolute Gasteiger partial charge is 0.324 e. The molecule has 0 heterocycles. The number of esters is 4. The van der Waals surface area contributed by atoms with Crippen molar-refractivity contribution >= 4 is 35.4 Å². The van der Waals surface area contributed by atoms with Crippen LogP contribution in [0.1, 0.15) is 67.2 Å². The van der Waals surface area contributed by atoms with Gasteiger partial charge in [0, 0.05) is 12.8 Å². The van der Waals surface area contributed by atoms with Crippen LogP contribution in [0, 0.1) is 16.2 Å². The molecule has 0 aromatic carbocycles. The largest absolute Gasteiger partial charge is 0.465 e. The highest BCUT2D eigenvalue weighted by Gasteiger charge is 2.66. The summed E-state index contributed by atoms with van der Waals surface area (Å²) < 4.78 is 21.0. The average molecular weight is 569 g/mol. The summed E-state index contributed by atoms with van der Waals surface area (Å²) in [7, 11) is 0. The molecule has 0 bridgehead atoms. The zero-order valence-electron chi connectivity index (χ0n) is 24.4. The Balaban J connectivity index is 1.87. The molecule has 0 aromatic rings. The number of ether oxygens (including phenoxy) is 4. The third kappa shape index (κ3) is 4.05. The molecule has 10 nitrogen and oxygen atoms in total. The minimum absolute atomic E-state index is 0.0536. The molecular formula is C31H36O10. The Morgan fingerprint density at radius 2 is 0.902 bits per heavy atom. The predicted octanol–water partition coefficient (Wildman–Crippen LogP) is 3.44. The average Bonchev–Trinajstić information content (AvgIpc) is 3.31. The number of hydrogen-bond donors (Lipinski definition) is 0. The van der Waals surface area contributed by atoms with Crippen LogP contribution in [0.5, 0.6) is 0 Å². The van der Waals surface area contributed by atoms with Gasteiger partial charge in [0.25, 0.3) is 0 Å². The van der Waals surface area contributed by atoms with Crippen LogP contribution in [0.3, 0.4) is 0 Å². The first kappa shape index (κ1) is 30.1. The molecule has 0 aromatic heterocycles. The fourth-order valence-corrected chi connectivity index (χ4v) is 6.61. The minimum atomic E-state index is -1.70. The number of allylic oxidation sites excluding steroid dienone is 8. The molecule has 0 fully saturated rings. The molecule has 4 rings (SSSR count). The van der Waals surface area contributed by atoms with Gasteiger partial charge in [-0.25, -0.2) is 0 Å². The molecule has 4 aliphatic rings. The van der Waals surface area contributed by atoms with Crippen LogP contribution in [0.15, 0.2) is 45.6 Å². The summed E-state index contributed by atoms with van der Waals surface area (Å²) in [6, 6.07) is 0. The molecule has 0 unspecified atom stereocenters. The van der Waals surface area contributed by atoms with Crippen LogP contribution < -0.4 is 0 Å². The number of ketones is 2. The molecule has 0 saturated heterocycles. The Morgan fingerprint density at radius 1 is 0.610 bits per heavy atom. The lowest BCUT2D eigenvalue weighted by molar-refractivity contribution is -0.173. The van der Waals surface area contributed by atoms with Crippen LogP contribution in [-0.4, -0.2) is 61.9 Å². The van der Waals surface area contributed by atoms with E-state index in [1.807, 2.05) is 0 Å². The van der Waals surface area contributed by atoms with Gasteiger partial charge in [-0.15, -0.1) is 0 Å². The highest BCUT2D eigenvalue weighted by molar-refractivity contribution is 6.30. The standard InChI is InChI=1S/C31H36O10/c1-7-38-25(34)29(26(35)39-8-2)13-11-21-19(15-29)17(5)23(32)31(21)22-12-14-30(27(36)40-9-3,28(37)41-10-4)16-20(22)18(6)24(31)33/h11-12H,7-10,13-16H2,1-6H3. The fraction of sp³-hybridized carbons (Fsp3) is 0.548. The van der Waals surface area contributed by atoms with Crippen LogP contribution in [0.2, 0.25) is 0 Å². The predicted molar refractivity (Wildman–Crippen MR) is 144 cm³/mol. The zero-order valence-corrected chi connectivity index (χ0v) is 24.4. The molecule has 0 atom stereocenters. The van der Waals surface area contributed by atoms with Gasteiger partial charge in [-0.05, 0) is 87.8 Å². The summed E-state index contributed by atoms with van der Waals surface area (Å²) in [6.07, 6.45) is 2.68. The van der Waals surface area contributed by atoms with Gasteiger partial charge in [0.1, 0.15) is 5.41 Å². The molecule has 0 amide bonds. The van der Waals surface area contributed by atoms with E-state index < -0.39 is 51.7 Å². The van der Waals surface area contributed by atoms with E-state index in [4.69, 9.17) is 18.9 Å². The van der Waals surface area contributed by atoms with Gasteiger partial charge < -0.3 is 18.9 Å². The first-order valence-electron chi connectivity index (χ1n) is 14.0. The number of carbonyl (C=O) groups is 6. The van der Waals surface area contributed by atoms with Gasteiger partial charge in [-0.1, -0.05) is 12.2 Å². The van der Waals surface area contributed by atoms with E-state index in [1.54, 1.807) is 53.7 Å². The van der Waals surface area contributed by atoms with Crippen molar-refractivity contribution in [3.05, 3.63) is 45.6 Å². The van der Waals surface area contributed by atoms with E-state index in [0.717, 1.165) is 0 Å². The van der Waals surface area contributed by atoms with Gasteiger partial charge in [0.15, 0.2) is 22.4 Å². The Morgan fingerprint density at radius 3 is 1.17 bits per heavy atom. The molecule has 4 aliphatic carbocycles. The summed E-state index contributed by atoms with van der Waals surface area (Å²) >= 11 is 0. The van der Waals surface area contributed by atoms with Crippen molar-refractivity contribution in [2.45, 2.75) is 67.2 Å².